The second kappa shape index (κ2) is 5.11. The molecule has 0 aromatic heterocycles. The lowest BCUT2D eigenvalue weighted by molar-refractivity contribution is 1.46. The highest BCUT2D eigenvalue weighted by molar-refractivity contribution is 9.10. The van der Waals surface area contributed by atoms with Crippen LogP contribution in [-0.4, -0.2) is 0 Å². The van der Waals surface area contributed by atoms with E-state index in [4.69, 9.17) is 0 Å². The Bertz CT molecular complexity index is 782. The van der Waals surface area contributed by atoms with Gasteiger partial charge in [-0.3, -0.25) is 0 Å². The fourth-order valence-corrected chi connectivity index (χ4v) is 3.22. The Balaban J connectivity index is 2.36. The number of halogens is 1. The minimum atomic E-state index is 0.729. The van der Waals surface area contributed by atoms with E-state index >= 15 is 0 Å². The van der Waals surface area contributed by atoms with Gasteiger partial charge in [0.15, 0.2) is 0 Å². The Kier molecular flexibility index (Phi) is 3.30. The lowest BCUT2D eigenvalue weighted by Gasteiger charge is -2.02. The Morgan fingerprint density at radius 1 is 0.900 bits per heavy atom. The van der Waals surface area contributed by atoms with Gasteiger partial charge in [0, 0.05) is 15.6 Å². The van der Waals surface area contributed by atoms with Gasteiger partial charge in [-0.05, 0) is 34.0 Å². The van der Waals surface area contributed by atoms with E-state index in [0.29, 0.717) is 0 Å². The van der Waals surface area contributed by atoms with Gasteiger partial charge in [0.2, 0.25) is 0 Å². The number of nitrogens with zero attached hydrogens (tertiary/aromatic N) is 1. The van der Waals surface area contributed by atoms with Gasteiger partial charge in [0.25, 0.3) is 0 Å². The van der Waals surface area contributed by atoms with Gasteiger partial charge in [0.05, 0.1) is 5.56 Å². The first-order valence-corrected chi connectivity index (χ1v) is 7.19. The van der Waals surface area contributed by atoms with Crippen LogP contribution in [0.25, 0.3) is 22.3 Å². The second-order valence-corrected chi connectivity index (χ2v) is 5.57. The highest BCUT2D eigenvalue weighted by Crippen LogP contribution is 2.45. The van der Waals surface area contributed by atoms with Crippen LogP contribution in [0.4, 0.5) is 0 Å². The van der Waals surface area contributed by atoms with Crippen molar-refractivity contribution in [1.29, 1.82) is 5.26 Å². The molecule has 0 bridgehead atoms. The molecule has 0 saturated heterocycles. The predicted molar refractivity (Wildman–Crippen MR) is 85.7 cm³/mol. The quantitative estimate of drug-likeness (QED) is 0.588. The molecule has 2 aliphatic carbocycles. The maximum Gasteiger partial charge on any atom is 0.100 e. The van der Waals surface area contributed by atoms with E-state index in [0.717, 1.165) is 32.3 Å². The molecular weight excluding hydrogens is 310 g/mol. The third-order valence-corrected chi connectivity index (χ3v) is 4.29. The van der Waals surface area contributed by atoms with E-state index in [1.54, 1.807) is 0 Å². The molecule has 0 atom stereocenters. The molecule has 0 amide bonds. The molecule has 0 spiro atoms. The zero-order valence-corrected chi connectivity index (χ0v) is 12.6. The first-order chi connectivity index (χ1) is 9.72. The molecule has 0 saturated carbocycles. The summed E-state index contributed by atoms with van der Waals surface area (Å²) in [5.74, 6) is 0. The van der Waals surface area contributed by atoms with Crippen molar-refractivity contribution < 1.29 is 0 Å². The van der Waals surface area contributed by atoms with Crippen LogP contribution in [0.1, 0.15) is 11.1 Å². The molecule has 0 heterocycles. The molecular formula is C18H12BrN. The standard InChI is InChI=1S/C18H12BrN/c1-12-7-9-13(10-8-12)17-16(11-20)14-5-3-2-4-6-15(14)18(17)19/h2-10H,1H3. The number of rotatable bonds is 1. The van der Waals surface area contributed by atoms with Gasteiger partial charge in [-0.2, -0.15) is 5.26 Å². The first-order valence-electron chi connectivity index (χ1n) is 6.39. The minimum absolute atomic E-state index is 0.729. The molecule has 96 valence electrons. The molecule has 1 aromatic carbocycles. The van der Waals surface area contributed by atoms with E-state index in [1.165, 1.54) is 5.56 Å². The highest BCUT2D eigenvalue weighted by Gasteiger charge is 2.21. The number of aryl methyl sites for hydroxylation is 1. The van der Waals surface area contributed by atoms with E-state index in [2.05, 4.69) is 53.2 Å². The van der Waals surface area contributed by atoms with Crippen LogP contribution in [0.2, 0.25) is 0 Å². The van der Waals surface area contributed by atoms with Crippen molar-refractivity contribution in [1.82, 2.24) is 0 Å². The van der Waals surface area contributed by atoms with E-state index in [1.807, 2.05) is 30.3 Å². The van der Waals surface area contributed by atoms with Gasteiger partial charge in [-0.25, -0.2) is 0 Å². The molecule has 0 radical (unpaired) electrons. The fraction of sp³-hybridized carbons (Fsp3) is 0.0556. The van der Waals surface area contributed by atoms with Gasteiger partial charge in [0.1, 0.15) is 6.07 Å². The summed E-state index contributed by atoms with van der Waals surface area (Å²) in [6.07, 6.45) is 0. The van der Waals surface area contributed by atoms with Crippen LogP contribution in [0.3, 0.4) is 0 Å². The van der Waals surface area contributed by atoms with Gasteiger partial charge >= 0.3 is 0 Å². The molecule has 1 nitrogen and oxygen atoms in total. The normalized spacial score (nSPS) is 10.4. The summed E-state index contributed by atoms with van der Waals surface area (Å²) in [5, 5.41) is 9.56. The first kappa shape index (κ1) is 12.9. The summed E-state index contributed by atoms with van der Waals surface area (Å²) in [6.45, 7) is 2.06. The Hall–Kier alpha value is -2.11. The predicted octanol–water partition coefficient (Wildman–Crippen LogP) is 5.40. The lowest BCUT2D eigenvalue weighted by atomic mass is 10.0. The Morgan fingerprint density at radius 2 is 1.55 bits per heavy atom. The summed E-state index contributed by atoms with van der Waals surface area (Å²) in [7, 11) is 0. The molecule has 0 unspecified atom stereocenters. The monoisotopic (exact) mass is 321 g/mol. The van der Waals surface area contributed by atoms with Gasteiger partial charge in [-0.1, -0.05) is 60.2 Å². The number of hydrogen-bond donors (Lipinski definition) is 0. The van der Waals surface area contributed by atoms with Crippen molar-refractivity contribution in [3.05, 3.63) is 70.2 Å². The van der Waals surface area contributed by atoms with Crippen LogP contribution >= 0.6 is 15.9 Å². The average molecular weight is 322 g/mol. The van der Waals surface area contributed by atoms with Crippen molar-refractivity contribution >= 4 is 15.9 Å². The molecule has 1 aromatic rings. The summed E-state index contributed by atoms with van der Waals surface area (Å²) >= 11 is 3.67. The average Bonchev–Trinajstić information content (AvgIpc) is 2.63. The summed E-state index contributed by atoms with van der Waals surface area (Å²) < 4.78 is 0.990. The largest absolute Gasteiger partial charge is 0.192 e. The minimum Gasteiger partial charge on any atom is -0.192 e. The number of nitriles is 1. The number of benzene rings is 1. The second-order valence-electron chi connectivity index (χ2n) is 4.78. The smallest absolute Gasteiger partial charge is 0.100 e. The zero-order valence-electron chi connectivity index (χ0n) is 11.0. The van der Waals surface area contributed by atoms with Crippen LogP contribution in [0, 0.1) is 18.3 Å². The van der Waals surface area contributed by atoms with E-state index in [-0.39, 0.29) is 0 Å². The maximum absolute atomic E-state index is 9.56. The topological polar surface area (TPSA) is 23.8 Å². The third-order valence-electron chi connectivity index (χ3n) is 3.47. The number of hydrogen-bond acceptors (Lipinski definition) is 1. The lowest BCUT2D eigenvalue weighted by Crippen LogP contribution is -1.80. The third kappa shape index (κ3) is 2.01. The van der Waals surface area contributed by atoms with Crippen LogP contribution < -0.4 is 0 Å². The molecule has 3 rings (SSSR count). The fourth-order valence-electron chi connectivity index (χ4n) is 2.44. The van der Waals surface area contributed by atoms with Gasteiger partial charge in [-0.15, -0.1) is 0 Å². The molecule has 0 fully saturated rings. The Labute approximate surface area is 127 Å². The summed E-state index contributed by atoms with van der Waals surface area (Å²) in [4.78, 5) is 0. The van der Waals surface area contributed by atoms with E-state index in [9.17, 15) is 5.26 Å². The molecule has 0 aliphatic heterocycles. The summed E-state index contributed by atoms with van der Waals surface area (Å²) in [6, 6.07) is 20.6. The van der Waals surface area contributed by atoms with Gasteiger partial charge < -0.3 is 0 Å². The SMILES string of the molecule is Cc1ccc(-c2c(Br)c3cccccc-3c2C#N)cc1. The molecule has 2 aliphatic rings. The van der Waals surface area contributed by atoms with E-state index < -0.39 is 0 Å². The molecule has 20 heavy (non-hydrogen) atoms. The molecule has 2 heteroatoms. The Morgan fingerprint density at radius 3 is 2.20 bits per heavy atom. The van der Waals surface area contributed by atoms with Crippen molar-refractivity contribution in [2.75, 3.05) is 0 Å². The van der Waals surface area contributed by atoms with Crippen LogP contribution in [0.15, 0.2) is 59.1 Å². The van der Waals surface area contributed by atoms with Crippen LogP contribution in [0.5, 0.6) is 0 Å². The highest BCUT2D eigenvalue weighted by atomic mass is 79.9. The number of fused-ring (bicyclic) bond motifs is 1. The summed E-state index contributed by atoms with van der Waals surface area (Å²) in [5.41, 5.74) is 6.05. The maximum atomic E-state index is 9.56. The van der Waals surface area contributed by atoms with Crippen molar-refractivity contribution in [3.8, 4) is 28.3 Å². The van der Waals surface area contributed by atoms with Crippen LogP contribution in [-0.2, 0) is 0 Å². The molecule has 0 N–H and O–H groups in total. The van der Waals surface area contributed by atoms with Crippen molar-refractivity contribution in [2.45, 2.75) is 6.92 Å². The van der Waals surface area contributed by atoms with Crippen molar-refractivity contribution in [3.63, 3.8) is 0 Å². The zero-order chi connectivity index (χ0) is 14.1. The van der Waals surface area contributed by atoms with Crippen molar-refractivity contribution in [2.24, 2.45) is 0 Å².